The number of aromatic hydroxyl groups is 1. The molecule has 0 atom stereocenters. The third-order valence-corrected chi connectivity index (χ3v) is 3.06. The second-order valence-corrected chi connectivity index (χ2v) is 4.38. The number of nitriles is 1. The van der Waals surface area contributed by atoms with Crippen LogP contribution in [0.3, 0.4) is 0 Å². The number of aromatic nitrogens is 3. The lowest BCUT2D eigenvalue weighted by Crippen LogP contribution is -1.93. The number of hydrogen-bond donors (Lipinski definition) is 2. The molecule has 3 aromatic rings. The molecule has 0 amide bonds. The standard InChI is InChI=1S/C14H9FN4O/c1-7-11-4-8(6-16)13(17-14(11)19-18-7)10-3-2-9(20)5-12(10)15/h2-5,20H,1H3,(H,17,18,19). The zero-order chi connectivity index (χ0) is 14.3. The highest BCUT2D eigenvalue weighted by Crippen LogP contribution is 2.29. The summed E-state index contributed by atoms with van der Waals surface area (Å²) in [5, 5.41) is 26.0. The summed E-state index contributed by atoms with van der Waals surface area (Å²) in [6, 6.07) is 7.36. The maximum atomic E-state index is 13.9. The van der Waals surface area contributed by atoms with Gasteiger partial charge in [0.1, 0.15) is 17.6 Å². The topological polar surface area (TPSA) is 85.6 Å². The SMILES string of the molecule is Cc1[nH]nc2nc(-c3ccc(O)cc3F)c(C#N)cc12. The van der Waals surface area contributed by atoms with E-state index in [1.165, 1.54) is 12.1 Å². The van der Waals surface area contributed by atoms with Gasteiger partial charge in [0.05, 0.1) is 11.3 Å². The van der Waals surface area contributed by atoms with Gasteiger partial charge in [-0.2, -0.15) is 10.4 Å². The molecule has 0 aliphatic heterocycles. The number of fused-ring (bicyclic) bond motifs is 1. The van der Waals surface area contributed by atoms with E-state index in [9.17, 15) is 14.8 Å². The molecule has 5 nitrogen and oxygen atoms in total. The van der Waals surface area contributed by atoms with E-state index in [1.807, 2.05) is 13.0 Å². The second kappa shape index (κ2) is 4.31. The van der Waals surface area contributed by atoms with E-state index in [0.717, 1.165) is 17.1 Å². The summed E-state index contributed by atoms with van der Waals surface area (Å²) >= 11 is 0. The fourth-order valence-corrected chi connectivity index (χ4v) is 2.05. The van der Waals surface area contributed by atoms with Gasteiger partial charge in [0.15, 0.2) is 5.65 Å². The molecule has 0 aliphatic rings. The molecule has 0 spiro atoms. The Bertz CT molecular complexity index is 863. The number of aromatic amines is 1. The van der Waals surface area contributed by atoms with E-state index in [2.05, 4.69) is 15.2 Å². The zero-order valence-corrected chi connectivity index (χ0v) is 10.5. The molecule has 20 heavy (non-hydrogen) atoms. The van der Waals surface area contributed by atoms with Crippen molar-refractivity contribution < 1.29 is 9.50 Å². The highest BCUT2D eigenvalue weighted by molar-refractivity contribution is 5.84. The van der Waals surface area contributed by atoms with Crippen LogP contribution in [0.15, 0.2) is 24.3 Å². The molecule has 0 radical (unpaired) electrons. The van der Waals surface area contributed by atoms with Crippen LogP contribution in [0, 0.1) is 24.1 Å². The summed E-state index contributed by atoms with van der Waals surface area (Å²) in [6.07, 6.45) is 0. The van der Waals surface area contributed by atoms with Crippen molar-refractivity contribution in [2.45, 2.75) is 6.92 Å². The first-order chi connectivity index (χ1) is 9.60. The maximum Gasteiger partial charge on any atom is 0.181 e. The number of H-pyrrole nitrogens is 1. The van der Waals surface area contributed by atoms with Crippen LogP contribution in [0.5, 0.6) is 5.75 Å². The van der Waals surface area contributed by atoms with Gasteiger partial charge < -0.3 is 5.11 Å². The van der Waals surface area contributed by atoms with Crippen LogP contribution in [0.2, 0.25) is 0 Å². The molecule has 1 aromatic carbocycles. The summed E-state index contributed by atoms with van der Waals surface area (Å²) in [6.45, 7) is 1.82. The first kappa shape index (κ1) is 12.1. The molecule has 6 heteroatoms. The quantitative estimate of drug-likeness (QED) is 0.710. The van der Waals surface area contributed by atoms with Crippen LogP contribution >= 0.6 is 0 Å². The Morgan fingerprint density at radius 1 is 1.35 bits per heavy atom. The van der Waals surface area contributed by atoms with Crippen molar-refractivity contribution in [2.24, 2.45) is 0 Å². The molecule has 2 aromatic heterocycles. The lowest BCUT2D eigenvalue weighted by molar-refractivity contribution is 0.469. The van der Waals surface area contributed by atoms with Crippen molar-refractivity contribution in [2.75, 3.05) is 0 Å². The van der Waals surface area contributed by atoms with Crippen LogP contribution in [-0.4, -0.2) is 20.3 Å². The van der Waals surface area contributed by atoms with Gasteiger partial charge in [0.25, 0.3) is 0 Å². The predicted molar refractivity (Wildman–Crippen MR) is 70.4 cm³/mol. The van der Waals surface area contributed by atoms with E-state index in [-0.39, 0.29) is 22.6 Å². The molecule has 2 N–H and O–H groups in total. The largest absolute Gasteiger partial charge is 0.508 e. The number of benzene rings is 1. The van der Waals surface area contributed by atoms with Crippen LogP contribution in [0.25, 0.3) is 22.3 Å². The zero-order valence-electron chi connectivity index (χ0n) is 10.5. The van der Waals surface area contributed by atoms with E-state index in [1.54, 1.807) is 6.07 Å². The fraction of sp³-hybridized carbons (Fsp3) is 0.0714. The number of hydrogen-bond acceptors (Lipinski definition) is 4. The summed E-state index contributed by atoms with van der Waals surface area (Å²) in [5.74, 6) is -0.818. The smallest absolute Gasteiger partial charge is 0.181 e. The first-order valence-corrected chi connectivity index (χ1v) is 5.85. The maximum absolute atomic E-state index is 13.9. The summed E-state index contributed by atoms with van der Waals surface area (Å²) in [5.41, 5.74) is 1.84. The average Bonchev–Trinajstić information content (AvgIpc) is 2.78. The monoisotopic (exact) mass is 268 g/mol. The average molecular weight is 268 g/mol. The minimum absolute atomic E-state index is 0.155. The minimum atomic E-state index is -0.638. The molecular weight excluding hydrogens is 259 g/mol. The first-order valence-electron chi connectivity index (χ1n) is 5.85. The van der Waals surface area contributed by atoms with Gasteiger partial charge in [0.2, 0.25) is 0 Å². The van der Waals surface area contributed by atoms with Crippen molar-refractivity contribution in [3.63, 3.8) is 0 Å². The highest BCUT2D eigenvalue weighted by atomic mass is 19.1. The van der Waals surface area contributed by atoms with Gasteiger partial charge in [0, 0.05) is 22.7 Å². The van der Waals surface area contributed by atoms with Gasteiger partial charge in [-0.05, 0) is 25.1 Å². The van der Waals surface area contributed by atoms with Crippen LogP contribution in [-0.2, 0) is 0 Å². The van der Waals surface area contributed by atoms with E-state index >= 15 is 0 Å². The van der Waals surface area contributed by atoms with Crippen molar-refractivity contribution in [3.8, 4) is 23.1 Å². The Balaban J connectivity index is 2.32. The van der Waals surface area contributed by atoms with Gasteiger partial charge in [-0.1, -0.05) is 0 Å². The second-order valence-electron chi connectivity index (χ2n) is 4.38. The molecule has 0 fully saturated rings. The number of nitrogens with one attached hydrogen (secondary N) is 1. The summed E-state index contributed by atoms with van der Waals surface area (Å²) < 4.78 is 13.9. The number of aryl methyl sites for hydroxylation is 1. The van der Waals surface area contributed by atoms with Crippen molar-refractivity contribution in [3.05, 3.63) is 41.3 Å². The molecule has 0 saturated carbocycles. The number of halogens is 1. The fourth-order valence-electron chi connectivity index (χ4n) is 2.05. The van der Waals surface area contributed by atoms with Gasteiger partial charge in [-0.25, -0.2) is 9.37 Å². The lowest BCUT2D eigenvalue weighted by Gasteiger charge is -2.05. The van der Waals surface area contributed by atoms with Gasteiger partial charge in [-0.15, -0.1) is 0 Å². The molecule has 0 unspecified atom stereocenters. The number of pyridine rings is 1. The molecule has 0 bridgehead atoms. The molecule has 0 saturated heterocycles. The number of rotatable bonds is 1. The lowest BCUT2D eigenvalue weighted by atomic mass is 10.0. The molecule has 0 aliphatic carbocycles. The molecule has 98 valence electrons. The molecule has 3 rings (SSSR count). The van der Waals surface area contributed by atoms with Crippen LogP contribution < -0.4 is 0 Å². The third kappa shape index (κ3) is 1.77. The molecular formula is C14H9FN4O. The van der Waals surface area contributed by atoms with Crippen molar-refractivity contribution in [1.29, 1.82) is 5.26 Å². The van der Waals surface area contributed by atoms with Crippen LogP contribution in [0.4, 0.5) is 4.39 Å². The highest BCUT2D eigenvalue weighted by Gasteiger charge is 2.15. The summed E-state index contributed by atoms with van der Waals surface area (Å²) in [4.78, 5) is 4.24. The number of phenolic OH excluding ortho intramolecular Hbond substituents is 1. The Morgan fingerprint density at radius 2 is 2.15 bits per heavy atom. The Kier molecular flexibility index (Phi) is 2.61. The molecule has 2 heterocycles. The third-order valence-electron chi connectivity index (χ3n) is 3.06. The van der Waals surface area contributed by atoms with E-state index in [0.29, 0.717) is 5.65 Å². The van der Waals surface area contributed by atoms with Crippen molar-refractivity contribution in [1.82, 2.24) is 15.2 Å². The minimum Gasteiger partial charge on any atom is -0.508 e. The Labute approximate surface area is 113 Å². The summed E-state index contributed by atoms with van der Waals surface area (Å²) in [7, 11) is 0. The van der Waals surface area contributed by atoms with Gasteiger partial charge in [-0.3, -0.25) is 5.10 Å². The van der Waals surface area contributed by atoms with Crippen LogP contribution in [0.1, 0.15) is 11.3 Å². The predicted octanol–water partition coefficient (Wildman–Crippen LogP) is 2.65. The Hall–Kier alpha value is -2.94. The normalized spacial score (nSPS) is 10.7. The van der Waals surface area contributed by atoms with E-state index in [4.69, 9.17) is 0 Å². The number of nitrogens with zero attached hydrogens (tertiary/aromatic N) is 3. The van der Waals surface area contributed by atoms with E-state index < -0.39 is 5.82 Å². The van der Waals surface area contributed by atoms with Crippen molar-refractivity contribution >= 4 is 11.0 Å². The van der Waals surface area contributed by atoms with Gasteiger partial charge >= 0.3 is 0 Å². The number of phenols is 1. The Morgan fingerprint density at radius 3 is 2.85 bits per heavy atom.